The molecule has 0 aromatic heterocycles. The van der Waals surface area contributed by atoms with Crippen LogP contribution in [-0.4, -0.2) is 32.1 Å². The molecule has 2 aromatic rings. The number of halogens is 1. The maximum Gasteiger partial charge on any atom is 0.329 e. The van der Waals surface area contributed by atoms with Crippen molar-refractivity contribution >= 4 is 11.9 Å². The molecule has 0 saturated carbocycles. The predicted octanol–water partition coefficient (Wildman–Crippen LogP) is 3.34. The van der Waals surface area contributed by atoms with Gasteiger partial charge in [-0.15, -0.1) is 0 Å². The molecule has 1 atom stereocenters. The maximum atomic E-state index is 13.8. The molecule has 2 aromatic carbocycles. The average Bonchev–Trinajstić information content (AvgIpc) is 2.69. The number of rotatable bonds is 8. The lowest BCUT2D eigenvalue weighted by molar-refractivity contribution is -0.148. The second-order valence-electron chi connectivity index (χ2n) is 6.46. The summed E-state index contributed by atoms with van der Waals surface area (Å²) < 4.78 is 29.6. The average molecular weight is 389 g/mol. The number of benzene rings is 2. The van der Waals surface area contributed by atoms with Gasteiger partial charge in [-0.25, -0.2) is 9.18 Å². The third-order valence-corrected chi connectivity index (χ3v) is 4.18. The van der Waals surface area contributed by atoms with E-state index in [1.54, 1.807) is 38.1 Å². The number of carbonyl (C=O) groups is 2. The Kier molecular flexibility index (Phi) is 7.37. The summed E-state index contributed by atoms with van der Waals surface area (Å²) in [6.45, 7) is 3.47. The van der Waals surface area contributed by atoms with Gasteiger partial charge in [0.1, 0.15) is 30.0 Å². The van der Waals surface area contributed by atoms with Gasteiger partial charge in [0.2, 0.25) is 0 Å². The Morgan fingerprint density at radius 2 is 1.79 bits per heavy atom. The minimum atomic E-state index is -0.927. The van der Waals surface area contributed by atoms with Crippen molar-refractivity contribution in [3.05, 3.63) is 59.4 Å². The van der Waals surface area contributed by atoms with Gasteiger partial charge in [0.15, 0.2) is 0 Å². The Morgan fingerprint density at radius 3 is 2.39 bits per heavy atom. The van der Waals surface area contributed by atoms with Crippen molar-refractivity contribution in [2.75, 3.05) is 14.2 Å². The van der Waals surface area contributed by atoms with Gasteiger partial charge in [0, 0.05) is 5.56 Å². The van der Waals surface area contributed by atoms with Gasteiger partial charge in [-0.05, 0) is 36.2 Å². The van der Waals surface area contributed by atoms with Crippen LogP contribution < -0.4 is 14.8 Å². The molecule has 0 aliphatic rings. The largest absolute Gasteiger partial charge is 0.497 e. The number of methoxy groups -OCH3 is 2. The third kappa shape index (κ3) is 5.22. The molecule has 0 aliphatic heterocycles. The number of carbonyl (C=O) groups excluding carboxylic acids is 2. The zero-order chi connectivity index (χ0) is 20.7. The molecule has 0 unspecified atom stereocenters. The van der Waals surface area contributed by atoms with Crippen molar-refractivity contribution in [2.45, 2.75) is 26.5 Å². The first-order valence-electron chi connectivity index (χ1n) is 8.80. The summed E-state index contributed by atoms with van der Waals surface area (Å²) >= 11 is 0. The smallest absolute Gasteiger partial charge is 0.329 e. The lowest BCUT2D eigenvalue weighted by atomic mass is 10.0. The Hall–Kier alpha value is -3.09. The van der Waals surface area contributed by atoms with E-state index in [2.05, 4.69) is 5.32 Å². The predicted molar refractivity (Wildman–Crippen MR) is 102 cm³/mol. The van der Waals surface area contributed by atoms with Crippen molar-refractivity contribution in [1.29, 1.82) is 0 Å². The lowest BCUT2D eigenvalue weighted by Gasteiger charge is -2.21. The normalized spacial score (nSPS) is 11.6. The second kappa shape index (κ2) is 9.73. The van der Waals surface area contributed by atoms with E-state index in [4.69, 9.17) is 14.2 Å². The summed E-state index contributed by atoms with van der Waals surface area (Å²) in [5.41, 5.74) is 0.494. The topological polar surface area (TPSA) is 73.9 Å². The maximum absolute atomic E-state index is 13.8. The summed E-state index contributed by atoms with van der Waals surface area (Å²) in [5.74, 6) is -1.06. The highest BCUT2D eigenvalue weighted by molar-refractivity contribution is 5.97. The molecule has 0 bridgehead atoms. The van der Waals surface area contributed by atoms with Crippen LogP contribution in [0.15, 0.2) is 42.5 Å². The molecular formula is C21H24FNO5. The van der Waals surface area contributed by atoms with Gasteiger partial charge < -0.3 is 19.5 Å². The first-order valence-corrected chi connectivity index (χ1v) is 8.80. The number of esters is 1. The SMILES string of the molecule is COc1ccc(OC)c(COC(=O)[C@@H](NC(=O)c2ccccc2F)C(C)C)c1. The third-order valence-electron chi connectivity index (χ3n) is 4.18. The van der Waals surface area contributed by atoms with E-state index < -0.39 is 23.7 Å². The van der Waals surface area contributed by atoms with E-state index in [9.17, 15) is 14.0 Å². The van der Waals surface area contributed by atoms with Crippen LogP contribution in [-0.2, 0) is 16.1 Å². The van der Waals surface area contributed by atoms with Crippen LogP contribution in [0, 0.1) is 11.7 Å². The second-order valence-corrected chi connectivity index (χ2v) is 6.46. The van der Waals surface area contributed by atoms with E-state index in [0.29, 0.717) is 17.1 Å². The molecule has 2 rings (SSSR count). The Morgan fingerprint density at radius 1 is 1.07 bits per heavy atom. The van der Waals surface area contributed by atoms with Crippen molar-refractivity contribution in [3.63, 3.8) is 0 Å². The molecule has 0 heterocycles. The fourth-order valence-electron chi connectivity index (χ4n) is 2.60. The lowest BCUT2D eigenvalue weighted by Crippen LogP contribution is -2.45. The molecule has 6 nitrogen and oxygen atoms in total. The Bertz CT molecular complexity index is 837. The molecule has 0 saturated heterocycles. The summed E-state index contributed by atoms with van der Waals surface area (Å²) in [6.07, 6.45) is 0. The monoisotopic (exact) mass is 389 g/mol. The van der Waals surface area contributed by atoms with Crippen LogP contribution in [0.5, 0.6) is 11.5 Å². The highest BCUT2D eigenvalue weighted by Gasteiger charge is 2.27. The Labute approximate surface area is 163 Å². The molecule has 0 spiro atoms. The molecule has 28 heavy (non-hydrogen) atoms. The van der Waals surface area contributed by atoms with Crippen LogP contribution >= 0.6 is 0 Å². The number of amides is 1. The summed E-state index contributed by atoms with van der Waals surface area (Å²) in [4.78, 5) is 24.9. The minimum absolute atomic E-state index is 0.0575. The standard InChI is InChI=1S/C21H24FNO5/c1-13(2)19(23-20(24)16-7-5-6-8-17(16)22)21(25)28-12-14-11-15(26-3)9-10-18(14)27-4/h5-11,13,19H,12H2,1-4H3,(H,23,24)/t19-/m0/s1. The van der Waals surface area contributed by atoms with E-state index in [1.807, 2.05) is 0 Å². The summed E-state index contributed by atoms with van der Waals surface area (Å²) in [6, 6.07) is 9.80. The van der Waals surface area contributed by atoms with Crippen molar-refractivity contribution in [3.8, 4) is 11.5 Å². The van der Waals surface area contributed by atoms with Gasteiger partial charge >= 0.3 is 5.97 Å². The minimum Gasteiger partial charge on any atom is -0.497 e. The van der Waals surface area contributed by atoms with E-state index in [0.717, 1.165) is 0 Å². The van der Waals surface area contributed by atoms with Gasteiger partial charge in [-0.3, -0.25) is 4.79 Å². The molecule has 0 aliphatic carbocycles. The molecule has 150 valence electrons. The van der Waals surface area contributed by atoms with Crippen LogP contribution in [0.3, 0.4) is 0 Å². The van der Waals surface area contributed by atoms with Crippen LogP contribution in [0.4, 0.5) is 4.39 Å². The van der Waals surface area contributed by atoms with E-state index in [1.165, 1.54) is 32.4 Å². The molecule has 0 fully saturated rings. The van der Waals surface area contributed by atoms with E-state index >= 15 is 0 Å². The number of nitrogens with one attached hydrogen (secondary N) is 1. The zero-order valence-corrected chi connectivity index (χ0v) is 16.3. The fourth-order valence-corrected chi connectivity index (χ4v) is 2.60. The van der Waals surface area contributed by atoms with Gasteiger partial charge in [0.25, 0.3) is 5.91 Å². The van der Waals surface area contributed by atoms with Crippen LogP contribution in [0.2, 0.25) is 0 Å². The van der Waals surface area contributed by atoms with Crippen molar-refractivity contribution in [1.82, 2.24) is 5.32 Å². The van der Waals surface area contributed by atoms with Gasteiger partial charge in [0.05, 0.1) is 19.8 Å². The number of hydrogen-bond acceptors (Lipinski definition) is 5. The number of ether oxygens (including phenoxy) is 3. The zero-order valence-electron chi connectivity index (χ0n) is 16.3. The number of hydrogen-bond donors (Lipinski definition) is 1. The highest BCUT2D eigenvalue weighted by atomic mass is 19.1. The highest BCUT2D eigenvalue weighted by Crippen LogP contribution is 2.25. The summed E-state index contributed by atoms with van der Waals surface area (Å²) in [7, 11) is 3.04. The molecule has 1 amide bonds. The van der Waals surface area contributed by atoms with Crippen molar-refractivity contribution in [2.24, 2.45) is 5.92 Å². The summed E-state index contributed by atoms with van der Waals surface area (Å²) in [5, 5.41) is 2.55. The van der Waals surface area contributed by atoms with Crippen LogP contribution in [0.25, 0.3) is 0 Å². The van der Waals surface area contributed by atoms with E-state index in [-0.39, 0.29) is 18.1 Å². The quantitative estimate of drug-likeness (QED) is 0.701. The Balaban J connectivity index is 2.09. The van der Waals surface area contributed by atoms with Gasteiger partial charge in [-0.2, -0.15) is 0 Å². The molecule has 1 N–H and O–H groups in total. The molecular weight excluding hydrogens is 365 g/mol. The molecule has 7 heteroatoms. The molecule has 0 radical (unpaired) electrons. The van der Waals surface area contributed by atoms with Crippen molar-refractivity contribution < 1.29 is 28.2 Å². The van der Waals surface area contributed by atoms with Crippen LogP contribution in [0.1, 0.15) is 29.8 Å². The first-order chi connectivity index (χ1) is 13.4. The first kappa shape index (κ1) is 21.2. The fraction of sp³-hybridized carbons (Fsp3) is 0.333. The van der Waals surface area contributed by atoms with Gasteiger partial charge in [-0.1, -0.05) is 26.0 Å².